The maximum atomic E-state index is 12.6. The average molecular weight is 339 g/mol. The molecular formula is C16H25N3O3S. The summed E-state index contributed by atoms with van der Waals surface area (Å²) in [6, 6.07) is 8.71. The number of piperazine rings is 1. The van der Waals surface area contributed by atoms with Crippen molar-refractivity contribution in [1.82, 2.24) is 14.1 Å². The highest BCUT2D eigenvalue weighted by molar-refractivity contribution is 7.89. The van der Waals surface area contributed by atoms with Crippen LogP contribution in [0.15, 0.2) is 35.2 Å². The molecule has 3 rings (SSSR count). The third-order valence-electron chi connectivity index (χ3n) is 4.55. The Hall–Kier alpha value is -0.990. The van der Waals surface area contributed by atoms with Crippen molar-refractivity contribution in [3.63, 3.8) is 0 Å². The minimum atomic E-state index is -3.34. The number of sulfonamides is 1. The molecule has 2 aliphatic rings. The smallest absolute Gasteiger partial charge is 0.243 e. The van der Waals surface area contributed by atoms with Crippen molar-refractivity contribution in [3.05, 3.63) is 30.3 Å². The lowest BCUT2D eigenvalue weighted by Gasteiger charge is -2.35. The number of ether oxygens (including phenoxy) is 1. The lowest BCUT2D eigenvalue weighted by atomic mass is 10.3. The van der Waals surface area contributed by atoms with Crippen molar-refractivity contribution in [2.45, 2.75) is 4.90 Å². The molecule has 6 nitrogen and oxygen atoms in total. The van der Waals surface area contributed by atoms with Gasteiger partial charge in [0, 0.05) is 52.4 Å². The zero-order valence-corrected chi connectivity index (χ0v) is 14.2. The summed E-state index contributed by atoms with van der Waals surface area (Å²) in [5.41, 5.74) is 0. The van der Waals surface area contributed by atoms with Crippen LogP contribution in [-0.2, 0) is 14.8 Å². The molecule has 0 atom stereocenters. The Labute approximate surface area is 138 Å². The summed E-state index contributed by atoms with van der Waals surface area (Å²) in [5, 5.41) is 0. The number of morpholine rings is 1. The second kappa shape index (κ2) is 7.72. The van der Waals surface area contributed by atoms with Gasteiger partial charge in [0.05, 0.1) is 18.1 Å². The van der Waals surface area contributed by atoms with E-state index in [4.69, 9.17) is 4.74 Å². The van der Waals surface area contributed by atoms with E-state index in [0.717, 1.165) is 52.5 Å². The Morgan fingerprint density at radius 1 is 0.826 bits per heavy atom. The molecule has 1 aromatic carbocycles. The quantitative estimate of drug-likeness (QED) is 0.774. The monoisotopic (exact) mass is 339 g/mol. The van der Waals surface area contributed by atoms with Gasteiger partial charge >= 0.3 is 0 Å². The molecule has 2 fully saturated rings. The zero-order valence-electron chi connectivity index (χ0n) is 13.4. The molecule has 0 radical (unpaired) electrons. The maximum absolute atomic E-state index is 12.6. The van der Waals surface area contributed by atoms with E-state index in [1.807, 2.05) is 6.07 Å². The van der Waals surface area contributed by atoms with Crippen LogP contribution in [0.4, 0.5) is 0 Å². The second-order valence-corrected chi connectivity index (χ2v) is 7.95. The first-order valence-corrected chi connectivity index (χ1v) is 9.68. The van der Waals surface area contributed by atoms with Crippen LogP contribution in [0.5, 0.6) is 0 Å². The normalized spacial score (nSPS) is 22.3. The van der Waals surface area contributed by atoms with Gasteiger partial charge in [-0.2, -0.15) is 4.31 Å². The molecule has 0 N–H and O–H groups in total. The molecule has 0 bridgehead atoms. The number of hydrogen-bond donors (Lipinski definition) is 0. The molecule has 0 spiro atoms. The average Bonchev–Trinajstić information content (AvgIpc) is 2.62. The summed E-state index contributed by atoms with van der Waals surface area (Å²) in [5.74, 6) is 0. The van der Waals surface area contributed by atoms with Gasteiger partial charge in [-0.05, 0) is 12.1 Å². The molecule has 128 valence electrons. The van der Waals surface area contributed by atoms with E-state index >= 15 is 0 Å². The van der Waals surface area contributed by atoms with Crippen molar-refractivity contribution >= 4 is 10.0 Å². The van der Waals surface area contributed by atoms with Crippen molar-refractivity contribution in [2.24, 2.45) is 0 Å². The van der Waals surface area contributed by atoms with Crippen LogP contribution in [-0.4, -0.2) is 88.1 Å². The van der Waals surface area contributed by atoms with E-state index in [1.54, 1.807) is 28.6 Å². The zero-order chi connectivity index (χ0) is 16.1. The van der Waals surface area contributed by atoms with Crippen LogP contribution in [0, 0.1) is 0 Å². The van der Waals surface area contributed by atoms with E-state index in [1.165, 1.54) is 0 Å². The van der Waals surface area contributed by atoms with Gasteiger partial charge in [-0.15, -0.1) is 0 Å². The van der Waals surface area contributed by atoms with Crippen molar-refractivity contribution in [3.8, 4) is 0 Å². The van der Waals surface area contributed by atoms with Crippen LogP contribution >= 0.6 is 0 Å². The molecule has 1 aromatic rings. The fraction of sp³-hybridized carbons (Fsp3) is 0.625. The van der Waals surface area contributed by atoms with E-state index in [0.29, 0.717) is 18.0 Å². The number of hydrogen-bond acceptors (Lipinski definition) is 5. The minimum absolute atomic E-state index is 0.391. The van der Waals surface area contributed by atoms with Gasteiger partial charge in [0.15, 0.2) is 0 Å². The SMILES string of the molecule is O=S(=O)(c1ccccc1)N1CCN(CCN2CCOCC2)CC1. The molecule has 0 aromatic heterocycles. The third-order valence-corrected chi connectivity index (χ3v) is 6.46. The Balaban J connectivity index is 1.48. The molecule has 0 unspecified atom stereocenters. The molecule has 2 saturated heterocycles. The van der Waals surface area contributed by atoms with E-state index in [9.17, 15) is 8.42 Å². The van der Waals surface area contributed by atoms with Crippen LogP contribution in [0.25, 0.3) is 0 Å². The number of rotatable bonds is 5. The molecular weight excluding hydrogens is 314 g/mol. The van der Waals surface area contributed by atoms with Crippen molar-refractivity contribution in [2.75, 3.05) is 65.6 Å². The first-order valence-electron chi connectivity index (χ1n) is 8.24. The summed E-state index contributed by atoms with van der Waals surface area (Å²) < 4.78 is 32.1. The Morgan fingerprint density at radius 2 is 1.39 bits per heavy atom. The molecule has 2 aliphatic heterocycles. The van der Waals surface area contributed by atoms with Gasteiger partial charge in [0.1, 0.15) is 0 Å². The Kier molecular flexibility index (Phi) is 5.66. The molecule has 0 amide bonds. The number of benzene rings is 1. The highest BCUT2D eigenvalue weighted by atomic mass is 32.2. The predicted octanol–water partition coefficient (Wildman–Crippen LogP) is 0.325. The van der Waals surface area contributed by atoms with Gasteiger partial charge in [-0.3, -0.25) is 9.80 Å². The van der Waals surface area contributed by atoms with E-state index < -0.39 is 10.0 Å². The molecule has 2 heterocycles. The van der Waals surface area contributed by atoms with Crippen LogP contribution < -0.4 is 0 Å². The van der Waals surface area contributed by atoms with Crippen molar-refractivity contribution < 1.29 is 13.2 Å². The largest absolute Gasteiger partial charge is 0.379 e. The maximum Gasteiger partial charge on any atom is 0.243 e. The van der Waals surface area contributed by atoms with Crippen molar-refractivity contribution in [1.29, 1.82) is 0 Å². The first-order chi connectivity index (χ1) is 11.2. The predicted molar refractivity (Wildman–Crippen MR) is 88.9 cm³/mol. The first kappa shape index (κ1) is 16.9. The summed E-state index contributed by atoms with van der Waals surface area (Å²) in [7, 11) is -3.34. The Bertz CT molecular complexity index is 580. The topological polar surface area (TPSA) is 53.1 Å². The summed E-state index contributed by atoms with van der Waals surface area (Å²) in [6.07, 6.45) is 0. The van der Waals surface area contributed by atoms with E-state index in [2.05, 4.69) is 9.80 Å². The molecule has 0 saturated carbocycles. The molecule has 7 heteroatoms. The summed E-state index contributed by atoms with van der Waals surface area (Å²) in [4.78, 5) is 5.16. The fourth-order valence-electron chi connectivity index (χ4n) is 3.04. The van der Waals surface area contributed by atoms with Gasteiger partial charge in [0.25, 0.3) is 0 Å². The van der Waals surface area contributed by atoms with Crippen LogP contribution in [0.3, 0.4) is 0 Å². The lowest BCUT2D eigenvalue weighted by molar-refractivity contribution is 0.0317. The summed E-state index contributed by atoms with van der Waals surface area (Å²) in [6.45, 7) is 8.43. The molecule has 23 heavy (non-hydrogen) atoms. The second-order valence-electron chi connectivity index (χ2n) is 6.01. The standard InChI is InChI=1S/C16H25N3O3S/c20-23(21,16-4-2-1-3-5-16)19-10-8-17(9-11-19)6-7-18-12-14-22-15-13-18/h1-5H,6-15H2. The Morgan fingerprint density at radius 3 is 2.00 bits per heavy atom. The third kappa shape index (κ3) is 4.30. The van der Waals surface area contributed by atoms with Gasteiger partial charge in [-0.1, -0.05) is 18.2 Å². The van der Waals surface area contributed by atoms with Crippen LogP contribution in [0.2, 0.25) is 0 Å². The van der Waals surface area contributed by atoms with Crippen LogP contribution in [0.1, 0.15) is 0 Å². The summed E-state index contributed by atoms with van der Waals surface area (Å²) >= 11 is 0. The molecule has 0 aliphatic carbocycles. The van der Waals surface area contributed by atoms with Gasteiger partial charge in [0.2, 0.25) is 10.0 Å². The minimum Gasteiger partial charge on any atom is -0.379 e. The fourth-order valence-corrected chi connectivity index (χ4v) is 4.49. The lowest BCUT2D eigenvalue weighted by Crippen LogP contribution is -2.50. The van der Waals surface area contributed by atoms with E-state index in [-0.39, 0.29) is 0 Å². The van der Waals surface area contributed by atoms with Gasteiger partial charge in [-0.25, -0.2) is 8.42 Å². The van der Waals surface area contributed by atoms with Gasteiger partial charge < -0.3 is 4.74 Å². The highest BCUT2D eigenvalue weighted by Gasteiger charge is 2.28. The number of nitrogens with zero attached hydrogens (tertiary/aromatic N) is 3. The highest BCUT2D eigenvalue weighted by Crippen LogP contribution is 2.17.